The minimum Gasteiger partial charge on any atom is -0.357 e. The summed E-state index contributed by atoms with van der Waals surface area (Å²) in [7, 11) is 0. The summed E-state index contributed by atoms with van der Waals surface area (Å²) in [6.45, 7) is 11.9. The number of aliphatic imine (C=N–C) groups is 1. The lowest BCUT2D eigenvalue weighted by molar-refractivity contribution is 0.555. The molecule has 0 spiro atoms. The second-order valence-corrected chi connectivity index (χ2v) is 6.89. The van der Waals surface area contributed by atoms with Crippen molar-refractivity contribution in [3.63, 3.8) is 0 Å². The number of nitrogens with zero attached hydrogens (tertiary/aromatic N) is 3. The Labute approximate surface area is 172 Å². The topological polar surface area (TPSA) is 54.2 Å². The third-order valence-electron chi connectivity index (χ3n) is 3.92. The van der Waals surface area contributed by atoms with E-state index in [-0.39, 0.29) is 24.0 Å². The van der Waals surface area contributed by atoms with Gasteiger partial charge in [-0.15, -0.1) is 24.0 Å². The molecule has 25 heavy (non-hydrogen) atoms. The van der Waals surface area contributed by atoms with Gasteiger partial charge in [0.05, 0.1) is 5.69 Å². The number of hydrogen-bond donors (Lipinski definition) is 2. The van der Waals surface area contributed by atoms with E-state index >= 15 is 0 Å². The van der Waals surface area contributed by atoms with E-state index in [2.05, 4.69) is 64.1 Å². The largest absolute Gasteiger partial charge is 0.357 e. The first kappa shape index (κ1) is 22.0. The third-order valence-corrected chi connectivity index (χ3v) is 4.62. The van der Waals surface area contributed by atoms with Gasteiger partial charge in [-0.2, -0.15) is 16.4 Å². The maximum absolute atomic E-state index is 4.71. The number of hydrogen-bond acceptors (Lipinski definition) is 3. The van der Waals surface area contributed by atoms with Crippen molar-refractivity contribution < 1.29 is 0 Å². The molecule has 0 fully saturated rings. The van der Waals surface area contributed by atoms with Crippen LogP contribution in [0.15, 0.2) is 27.9 Å². The van der Waals surface area contributed by atoms with Gasteiger partial charge in [0.15, 0.2) is 5.96 Å². The molecular weight excluding hydrogens is 445 g/mol. The first-order chi connectivity index (χ1) is 11.6. The van der Waals surface area contributed by atoms with Gasteiger partial charge in [-0.25, -0.2) is 0 Å². The van der Waals surface area contributed by atoms with Crippen molar-refractivity contribution in [3.05, 3.63) is 39.8 Å². The number of thiophene rings is 1. The molecule has 140 valence electrons. The van der Waals surface area contributed by atoms with Crippen LogP contribution in [0.4, 0.5) is 0 Å². The van der Waals surface area contributed by atoms with Crippen LogP contribution in [0.5, 0.6) is 0 Å². The molecule has 0 aliphatic rings. The number of halogens is 1. The summed E-state index contributed by atoms with van der Waals surface area (Å²) in [5, 5.41) is 15.6. The SMILES string of the molecule is CCNC(=NCC(C)c1ccsc1)NCCCn1nc(C)cc1C.I. The van der Waals surface area contributed by atoms with Crippen molar-refractivity contribution in [1.29, 1.82) is 0 Å². The Bertz CT molecular complexity index is 636. The predicted molar refractivity (Wildman–Crippen MR) is 118 cm³/mol. The van der Waals surface area contributed by atoms with Gasteiger partial charge in [0, 0.05) is 37.8 Å². The molecule has 1 unspecified atom stereocenters. The summed E-state index contributed by atoms with van der Waals surface area (Å²) in [5.41, 5.74) is 3.67. The Morgan fingerprint density at radius 1 is 1.36 bits per heavy atom. The molecule has 7 heteroatoms. The van der Waals surface area contributed by atoms with Crippen LogP contribution < -0.4 is 10.6 Å². The van der Waals surface area contributed by atoms with Crippen LogP contribution in [0.25, 0.3) is 0 Å². The molecule has 0 radical (unpaired) electrons. The average molecular weight is 475 g/mol. The summed E-state index contributed by atoms with van der Waals surface area (Å²) < 4.78 is 2.07. The summed E-state index contributed by atoms with van der Waals surface area (Å²) in [6, 6.07) is 4.30. The lowest BCUT2D eigenvalue weighted by Crippen LogP contribution is -2.38. The van der Waals surface area contributed by atoms with Crippen LogP contribution in [0.3, 0.4) is 0 Å². The number of aryl methyl sites for hydroxylation is 3. The van der Waals surface area contributed by atoms with Crippen LogP contribution in [-0.4, -0.2) is 35.4 Å². The smallest absolute Gasteiger partial charge is 0.191 e. The predicted octanol–water partition coefficient (Wildman–Crippen LogP) is 3.93. The molecule has 1 atom stereocenters. The number of nitrogens with one attached hydrogen (secondary N) is 2. The van der Waals surface area contributed by atoms with Gasteiger partial charge < -0.3 is 10.6 Å². The first-order valence-corrected chi connectivity index (χ1v) is 9.59. The number of guanidine groups is 1. The summed E-state index contributed by atoms with van der Waals surface area (Å²) in [4.78, 5) is 4.71. The fourth-order valence-electron chi connectivity index (χ4n) is 2.57. The third kappa shape index (κ3) is 7.35. The lowest BCUT2D eigenvalue weighted by Gasteiger charge is -2.13. The zero-order valence-electron chi connectivity index (χ0n) is 15.6. The molecule has 2 rings (SSSR count). The lowest BCUT2D eigenvalue weighted by atomic mass is 10.1. The maximum atomic E-state index is 4.71. The van der Waals surface area contributed by atoms with Crippen molar-refractivity contribution in [2.45, 2.75) is 46.6 Å². The Morgan fingerprint density at radius 2 is 2.16 bits per heavy atom. The Hall–Kier alpha value is -1.09. The minimum atomic E-state index is 0. The fraction of sp³-hybridized carbons (Fsp3) is 0.556. The highest BCUT2D eigenvalue weighted by molar-refractivity contribution is 14.0. The van der Waals surface area contributed by atoms with Crippen molar-refractivity contribution in [1.82, 2.24) is 20.4 Å². The summed E-state index contributed by atoms with van der Waals surface area (Å²) in [6.07, 6.45) is 1.02. The van der Waals surface area contributed by atoms with Gasteiger partial charge in [0.25, 0.3) is 0 Å². The van der Waals surface area contributed by atoms with Crippen molar-refractivity contribution in [3.8, 4) is 0 Å². The van der Waals surface area contributed by atoms with E-state index in [4.69, 9.17) is 4.99 Å². The second-order valence-electron chi connectivity index (χ2n) is 6.11. The Balaban J connectivity index is 0.00000312. The van der Waals surface area contributed by atoms with Crippen molar-refractivity contribution >= 4 is 41.3 Å². The maximum Gasteiger partial charge on any atom is 0.191 e. The van der Waals surface area contributed by atoms with Gasteiger partial charge in [-0.3, -0.25) is 9.67 Å². The molecule has 0 saturated heterocycles. The molecule has 0 bridgehead atoms. The molecule has 0 aliphatic carbocycles. The molecule has 5 nitrogen and oxygen atoms in total. The quantitative estimate of drug-likeness (QED) is 0.263. The standard InChI is InChI=1S/C18H29N5S.HI/c1-5-19-18(21-12-14(2)17-7-10-24-13-17)20-8-6-9-23-16(4)11-15(3)22-23;/h7,10-11,13-14H,5-6,8-9,12H2,1-4H3,(H2,19,20,21);1H. The van der Waals surface area contributed by atoms with Crippen LogP contribution in [0.1, 0.15) is 43.1 Å². The first-order valence-electron chi connectivity index (χ1n) is 8.65. The molecule has 2 N–H and O–H groups in total. The molecule has 2 heterocycles. The van der Waals surface area contributed by atoms with Crippen molar-refractivity contribution in [2.24, 2.45) is 4.99 Å². The van der Waals surface area contributed by atoms with Gasteiger partial charge in [0.2, 0.25) is 0 Å². The van der Waals surface area contributed by atoms with Crippen molar-refractivity contribution in [2.75, 3.05) is 19.6 Å². The van der Waals surface area contributed by atoms with E-state index in [9.17, 15) is 0 Å². The van der Waals surface area contributed by atoms with E-state index in [1.165, 1.54) is 11.3 Å². The van der Waals surface area contributed by atoms with Crippen LogP contribution in [0.2, 0.25) is 0 Å². The van der Waals surface area contributed by atoms with E-state index in [1.54, 1.807) is 11.3 Å². The zero-order valence-corrected chi connectivity index (χ0v) is 18.7. The molecule has 0 amide bonds. The highest BCUT2D eigenvalue weighted by atomic mass is 127. The summed E-state index contributed by atoms with van der Waals surface area (Å²) in [5.74, 6) is 1.34. The Morgan fingerprint density at radius 3 is 2.76 bits per heavy atom. The number of rotatable bonds is 8. The normalized spacial score (nSPS) is 12.6. The minimum absolute atomic E-state index is 0. The molecular formula is C18H30IN5S. The Kier molecular flexibility index (Phi) is 10.1. The molecule has 0 aliphatic heterocycles. The van der Waals surface area contributed by atoms with Gasteiger partial charge in [-0.05, 0) is 55.6 Å². The van der Waals surface area contributed by atoms with E-state index in [0.29, 0.717) is 5.92 Å². The fourth-order valence-corrected chi connectivity index (χ4v) is 3.35. The molecule has 2 aromatic rings. The zero-order chi connectivity index (χ0) is 17.4. The molecule has 0 saturated carbocycles. The van der Waals surface area contributed by atoms with Gasteiger partial charge in [0.1, 0.15) is 0 Å². The monoisotopic (exact) mass is 475 g/mol. The van der Waals surface area contributed by atoms with E-state index in [1.807, 2.05) is 6.92 Å². The van der Waals surface area contributed by atoms with Crippen LogP contribution in [-0.2, 0) is 6.54 Å². The summed E-state index contributed by atoms with van der Waals surface area (Å²) >= 11 is 1.74. The highest BCUT2D eigenvalue weighted by Crippen LogP contribution is 2.18. The van der Waals surface area contributed by atoms with Gasteiger partial charge >= 0.3 is 0 Å². The number of aromatic nitrogens is 2. The van der Waals surface area contributed by atoms with Crippen LogP contribution in [0, 0.1) is 13.8 Å². The van der Waals surface area contributed by atoms with E-state index < -0.39 is 0 Å². The highest BCUT2D eigenvalue weighted by Gasteiger charge is 2.06. The second kappa shape index (κ2) is 11.5. The molecule has 2 aromatic heterocycles. The van der Waals surface area contributed by atoms with E-state index in [0.717, 1.165) is 44.3 Å². The molecule has 0 aromatic carbocycles. The van der Waals surface area contributed by atoms with Gasteiger partial charge in [-0.1, -0.05) is 6.92 Å². The average Bonchev–Trinajstić information content (AvgIpc) is 3.18. The van der Waals surface area contributed by atoms with Crippen LogP contribution >= 0.6 is 35.3 Å².